The fraction of sp³-hybridized carbons (Fsp3) is 0.0526. The summed E-state index contributed by atoms with van der Waals surface area (Å²) in [6, 6.07) is 34.7. The van der Waals surface area contributed by atoms with E-state index in [4.69, 9.17) is 0 Å². The molecule has 1 spiro atoms. The van der Waals surface area contributed by atoms with Crippen molar-refractivity contribution in [2.75, 3.05) is 0 Å². The van der Waals surface area contributed by atoms with E-state index in [0.29, 0.717) is 0 Å². The number of benzene rings is 4. The van der Waals surface area contributed by atoms with Crippen LogP contribution in [0, 0.1) is 5.41 Å². The Morgan fingerprint density at radius 2 is 0.868 bits per heavy atom. The molecule has 178 valence electrons. The smallest absolute Gasteiger partial charge is 0.0581 e. The van der Waals surface area contributed by atoms with Crippen molar-refractivity contribution >= 4 is 23.3 Å². The molecule has 0 saturated heterocycles. The second-order valence-electron chi connectivity index (χ2n) is 10.5. The maximum absolute atomic E-state index is 2.38. The fourth-order valence-corrected chi connectivity index (χ4v) is 6.77. The van der Waals surface area contributed by atoms with Crippen LogP contribution in [0.2, 0.25) is 0 Å². The van der Waals surface area contributed by atoms with E-state index in [1.807, 2.05) is 0 Å². The van der Waals surface area contributed by atoms with Crippen LogP contribution in [0.3, 0.4) is 0 Å². The Bertz CT molecular complexity index is 1690. The molecule has 0 nitrogen and oxygen atoms in total. The number of rotatable bonds is 0. The maximum atomic E-state index is 2.38. The Morgan fingerprint density at radius 1 is 0.447 bits per heavy atom. The molecule has 0 atom stereocenters. The molecule has 4 aromatic rings. The van der Waals surface area contributed by atoms with Crippen LogP contribution in [0.15, 0.2) is 145 Å². The van der Waals surface area contributed by atoms with Crippen molar-refractivity contribution in [1.29, 1.82) is 0 Å². The van der Waals surface area contributed by atoms with Crippen molar-refractivity contribution in [3.63, 3.8) is 0 Å². The molecule has 0 amide bonds. The molecule has 0 N–H and O–H groups in total. The SMILES string of the molecule is C1=CC2(C=CC=C3C2=Cc2ccccc23)C2=Cc3ccccc3C2=C1.c1ccc2c(c1)Cc1ccccc1-2. The molecular formula is C38H26. The highest BCUT2D eigenvalue weighted by molar-refractivity contribution is 6.05. The summed E-state index contributed by atoms with van der Waals surface area (Å²) in [5.74, 6) is 0. The summed E-state index contributed by atoms with van der Waals surface area (Å²) in [5, 5.41) is 0. The minimum atomic E-state index is -0.161. The lowest BCUT2D eigenvalue weighted by Crippen LogP contribution is -2.24. The Labute approximate surface area is 224 Å². The predicted molar refractivity (Wildman–Crippen MR) is 160 cm³/mol. The molecule has 9 rings (SSSR count). The van der Waals surface area contributed by atoms with E-state index >= 15 is 0 Å². The van der Waals surface area contributed by atoms with Crippen molar-refractivity contribution in [1.82, 2.24) is 0 Å². The van der Waals surface area contributed by atoms with Gasteiger partial charge in [-0.15, -0.1) is 0 Å². The van der Waals surface area contributed by atoms with Gasteiger partial charge in [-0.1, -0.05) is 134 Å². The molecule has 38 heavy (non-hydrogen) atoms. The molecule has 0 bridgehead atoms. The highest BCUT2D eigenvalue weighted by atomic mass is 14.5. The van der Waals surface area contributed by atoms with Crippen molar-refractivity contribution in [3.8, 4) is 11.1 Å². The minimum Gasteiger partial charge on any atom is -0.0657 e. The van der Waals surface area contributed by atoms with Crippen LogP contribution in [0.1, 0.15) is 33.4 Å². The van der Waals surface area contributed by atoms with Crippen molar-refractivity contribution in [2.24, 2.45) is 5.41 Å². The minimum absolute atomic E-state index is 0.161. The van der Waals surface area contributed by atoms with E-state index in [1.165, 1.54) is 66.8 Å². The van der Waals surface area contributed by atoms with Gasteiger partial charge in [-0.25, -0.2) is 0 Å². The Balaban J connectivity index is 0.000000145. The monoisotopic (exact) mass is 482 g/mol. The second-order valence-corrected chi connectivity index (χ2v) is 10.5. The summed E-state index contributed by atoms with van der Waals surface area (Å²) in [6.07, 6.45) is 19.5. The quantitative estimate of drug-likeness (QED) is 0.206. The maximum Gasteiger partial charge on any atom is 0.0581 e. The summed E-state index contributed by atoms with van der Waals surface area (Å²) >= 11 is 0. The Hall–Kier alpha value is -4.68. The van der Waals surface area contributed by atoms with Crippen molar-refractivity contribution in [2.45, 2.75) is 6.42 Å². The van der Waals surface area contributed by atoms with E-state index in [1.54, 1.807) is 0 Å². The summed E-state index contributed by atoms with van der Waals surface area (Å²) in [4.78, 5) is 0. The number of hydrogen-bond donors (Lipinski definition) is 0. The fourth-order valence-electron chi connectivity index (χ4n) is 6.77. The van der Waals surface area contributed by atoms with E-state index in [2.05, 4.69) is 146 Å². The third kappa shape index (κ3) is 3.04. The van der Waals surface area contributed by atoms with Gasteiger partial charge in [0.2, 0.25) is 0 Å². The highest BCUT2D eigenvalue weighted by Crippen LogP contribution is 2.58. The molecule has 0 heterocycles. The van der Waals surface area contributed by atoms with Gasteiger partial charge in [-0.2, -0.15) is 0 Å². The van der Waals surface area contributed by atoms with E-state index in [-0.39, 0.29) is 5.41 Å². The molecule has 0 heteroatoms. The highest BCUT2D eigenvalue weighted by Gasteiger charge is 2.43. The first-order valence-electron chi connectivity index (χ1n) is 13.4. The molecular weight excluding hydrogens is 456 g/mol. The molecule has 0 unspecified atom stereocenters. The molecule has 0 aromatic heterocycles. The summed E-state index contributed by atoms with van der Waals surface area (Å²) in [5.41, 5.74) is 16.5. The van der Waals surface area contributed by atoms with Crippen molar-refractivity contribution in [3.05, 3.63) is 178 Å². The summed E-state index contributed by atoms with van der Waals surface area (Å²) in [7, 11) is 0. The standard InChI is InChI=1S/C25H16.C13H10/c1-3-9-19-17(7-1)15-23-21(19)11-5-13-25(23)14-6-12-22-20-10-4-2-8-18(20)16-24(22)25;1-3-7-12-10(5-1)9-11-6-2-4-8-13(11)12/h1-16H;1-8H,9H2. The first-order valence-corrected chi connectivity index (χ1v) is 13.4. The molecule has 5 aliphatic rings. The molecule has 0 aliphatic heterocycles. The molecule has 5 aliphatic carbocycles. The normalized spacial score (nSPS) is 17.5. The number of fused-ring (bicyclic) bond motifs is 11. The Kier molecular flexibility index (Phi) is 4.60. The average molecular weight is 483 g/mol. The van der Waals surface area contributed by atoms with Gasteiger partial charge in [0, 0.05) is 0 Å². The molecule has 0 radical (unpaired) electrons. The Morgan fingerprint density at radius 3 is 1.37 bits per heavy atom. The van der Waals surface area contributed by atoms with Gasteiger partial charge < -0.3 is 0 Å². The van der Waals surface area contributed by atoms with Crippen molar-refractivity contribution < 1.29 is 0 Å². The first kappa shape index (κ1) is 21.4. The lowest BCUT2D eigenvalue weighted by molar-refractivity contribution is 0.754. The van der Waals surface area contributed by atoms with Crippen LogP contribution in [-0.4, -0.2) is 0 Å². The second kappa shape index (κ2) is 8.16. The molecule has 4 aromatic carbocycles. The first-order chi connectivity index (χ1) is 18.8. The zero-order valence-corrected chi connectivity index (χ0v) is 21.1. The van der Waals surface area contributed by atoms with Crippen LogP contribution >= 0.6 is 0 Å². The third-order valence-electron chi connectivity index (χ3n) is 8.52. The topological polar surface area (TPSA) is 0 Å². The number of hydrogen-bond acceptors (Lipinski definition) is 0. The van der Waals surface area contributed by atoms with E-state index in [0.717, 1.165) is 6.42 Å². The number of allylic oxidation sites excluding steroid dienone is 10. The molecule has 0 saturated carbocycles. The van der Waals surface area contributed by atoms with Crippen LogP contribution in [0.25, 0.3) is 34.4 Å². The van der Waals surface area contributed by atoms with Gasteiger partial charge in [-0.05, 0) is 85.4 Å². The van der Waals surface area contributed by atoms with Gasteiger partial charge >= 0.3 is 0 Å². The third-order valence-corrected chi connectivity index (χ3v) is 8.52. The van der Waals surface area contributed by atoms with E-state index in [9.17, 15) is 0 Å². The lowest BCUT2D eigenvalue weighted by atomic mass is 9.65. The summed E-state index contributed by atoms with van der Waals surface area (Å²) in [6.45, 7) is 0. The van der Waals surface area contributed by atoms with Gasteiger partial charge in [0.25, 0.3) is 0 Å². The lowest BCUT2D eigenvalue weighted by Gasteiger charge is -2.36. The zero-order chi connectivity index (χ0) is 25.1. The van der Waals surface area contributed by atoms with Gasteiger partial charge in [-0.3, -0.25) is 0 Å². The van der Waals surface area contributed by atoms with Crippen LogP contribution in [-0.2, 0) is 6.42 Å². The van der Waals surface area contributed by atoms with Crippen LogP contribution in [0.4, 0.5) is 0 Å². The molecule has 0 fully saturated rings. The average Bonchev–Trinajstić information content (AvgIpc) is 3.66. The largest absolute Gasteiger partial charge is 0.0657 e. The van der Waals surface area contributed by atoms with Gasteiger partial charge in [0.15, 0.2) is 0 Å². The zero-order valence-electron chi connectivity index (χ0n) is 21.1. The summed E-state index contributed by atoms with van der Waals surface area (Å²) < 4.78 is 0. The van der Waals surface area contributed by atoms with E-state index < -0.39 is 0 Å². The van der Waals surface area contributed by atoms with Gasteiger partial charge in [0.1, 0.15) is 0 Å². The van der Waals surface area contributed by atoms with Gasteiger partial charge in [0.05, 0.1) is 5.41 Å². The predicted octanol–water partition coefficient (Wildman–Crippen LogP) is 9.33. The van der Waals surface area contributed by atoms with Crippen LogP contribution in [0.5, 0.6) is 0 Å². The van der Waals surface area contributed by atoms with Crippen LogP contribution < -0.4 is 0 Å².